The number of nitrogens with one attached hydrogen (secondary N) is 1. The van der Waals surface area contributed by atoms with Crippen LogP contribution in [0, 0.1) is 5.82 Å². The summed E-state index contributed by atoms with van der Waals surface area (Å²) in [5.74, 6) is -0.494. The summed E-state index contributed by atoms with van der Waals surface area (Å²) >= 11 is 0. The number of hydrogen-bond donors (Lipinski definition) is 1. The highest BCUT2D eigenvalue weighted by Gasteiger charge is 2.24. The molecule has 1 fully saturated rings. The number of nitrogens with zero attached hydrogens (tertiary/aromatic N) is 5. The lowest BCUT2D eigenvalue weighted by Crippen LogP contribution is -2.18. The smallest absolute Gasteiger partial charge is 0.251 e. The van der Waals surface area contributed by atoms with Crippen LogP contribution in [-0.2, 0) is 11.8 Å². The van der Waals surface area contributed by atoms with E-state index in [-0.39, 0.29) is 23.1 Å². The lowest BCUT2D eigenvalue weighted by Gasteiger charge is -2.15. The van der Waals surface area contributed by atoms with Crippen molar-refractivity contribution in [3.8, 4) is 28.3 Å². The van der Waals surface area contributed by atoms with Crippen LogP contribution in [0.5, 0.6) is 5.88 Å². The average Bonchev–Trinajstić information content (AvgIpc) is 3.60. The number of fused-ring (bicyclic) bond motifs is 1. The Kier molecular flexibility index (Phi) is 5.58. The third-order valence-corrected chi connectivity index (χ3v) is 5.73. The number of imidazole rings is 1. The fourth-order valence-corrected chi connectivity index (χ4v) is 3.96. The standard InChI is InChI=1S/C24H23FN6O3/c1-4-14-7-15(23(32)26-2)8-19(22(14)25)20-11-27-21-9-18(16-10-28-30(3)12-16)24(29-31(20)21)34-17-5-6-33-13-17/h4,7-12,17H,1,5-6,13H2,2-3H3,(H,26,32). The van der Waals surface area contributed by atoms with E-state index in [1.54, 1.807) is 10.9 Å². The molecule has 3 aromatic heterocycles. The highest BCUT2D eigenvalue weighted by atomic mass is 19.1. The Bertz CT molecular complexity index is 1400. The first-order chi connectivity index (χ1) is 16.5. The summed E-state index contributed by atoms with van der Waals surface area (Å²) < 4.78 is 30.2. The van der Waals surface area contributed by atoms with Crippen molar-refractivity contribution < 1.29 is 18.7 Å². The normalized spacial score (nSPS) is 15.6. The molecule has 5 rings (SSSR count). The van der Waals surface area contributed by atoms with Gasteiger partial charge in [-0.3, -0.25) is 9.48 Å². The number of carbonyl (C=O) groups excluding carboxylic acids is 1. The quantitative estimate of drug-likeness (QED) is 0.473. The summed E-state index contributed by atoms with van der Waals surface area (Å²) in [7, 11) is 3.35. The van der Waals surface area contributed by atoms with E-state index in [1.165, 1.54) is 36.0 Å². The number of hydrogen-bond acceptors (Lipinski definition) is 6. The third kappa shape index (κ3) is 3.81. The predicted octanol–water partition coefficient (Wildman–Crippen LogP) is 3.11. The second-order valence-corrected chi connectivity index (χ2v) is 7.99. The van der Waals surface area contributed by atoms with Crippen molar-refractivity contribution in [1.82, 2.24) is 29.7 Å². The highest BCUT2D eigenvalue weighted by molar-refractivity contribution is 5.96. The number of aryl methyl sites for hydroxylation is 1. The lowest BCUT2D eigenvalue weighted by molar-refractivity contribution is 0.0963. The van der Waals surface area contributed by atoms with Crippen LogP contribution in [0.25, 0.3) is 34.1 Å². The summed E-state index contributed by atoms with van der Waals surface area (Å²) in [4.78, 5) is 16.7. The first kappa shape index (κ1) is 21.8. The first-order valence-corrected chi connectivity index (χ1v) is 10.8. The minimum Gasteiger partial charge on any atom is -0.470 e. The molecule has 0 aliphatic carbocycles. The topological polar surface area (TPSA) is 95.6 Å². The van der Waals surface area contributed by atoms with Gasteiger partial charge in [-0.2, -0.15) is 5.10 Å². The monoisotopic (exact) mass is 462 g/mol. The molecule has 1 atom stereocenters. The molecule has 34 heavy (non-hydrogen) atoms. The maximum atomic E-state index is 15.4. The minimum absolute atomic E-state index is 0.145. The van der Waals surface area contributed by atoms with Crippen LogP contribution in [0.1, 0.15) is 22.3 Å². The molecule has 1 aromatic carbocycles. The Labute approximate surface area is 194 Å². The number of carbonyl (C=O) groups is 1. The second kappa shape index (κ2) is 8.71. The van der Waals surface area contributed by atoms with Gasteiger partial charge in [0, 0.05) is 49.0 Å². The van der Waals surface area contributed by atoms with E-state index in [0.717, 1.165) is 17.5 Å². The van der Waals surface area contributed by atoms with Crippen LogP contribution < -0.4 is 10.1 Å². The molecule has 1 aliphatic heterocycles. The summed E-state index contributed by atoms with van der Waals surface area (Å²) in [6.45, 7) is 4.76. The molecule has 0 bridgehead atoms. The van der Waals surface area contributed by atoms with E-state index in [4.69, 9.17) is 14.6 Å². The number of benzene rings is 1. The second-order valence-electron chi connectivity index (χ2n) is 7.99. The van der Waals surface area contributed by atoms with Crippen LogP contribution in [-0.4, -0.2) is 56.7 Å². The van der Waals surface area contributed by atoms with Crippen LogP contribution in [0.2, 0.25) is 0 Å². The first-order valence-electron chi connectivity index (χ1n) is 10.8. The van der Waals surface area contributed by atoms with E-state index in [2.05, 4.69) is 22.0 Å². The molecule has 9 nitrogen and oxygen atoms in total. The van der Waals surface area contributed by atoms with E-state index in [0.29, 0.717) is 36.0 Å². The van der Waals surface area contributed by atoms with Gasteiger partial charge in [-0.1, -0.05) is 12.7 Å². The van der Waals surface area contributed by atoms with Gasteiger partial charge >= 0.3 is 0 Å². The molecule has 4 heterocycles. The largest absolute Gasteiger partial charge is 0.470 e. The van der Waals surface area contributed by atoms with Crippen molar-refractivity contribution in [2.24, 2.45) is 7.05 Å². The van der Waals surface area contributed by atoms with Gasteiger partial charge in [-0.25, -0.2) is 13.9 Å². The van der Waals surface area contributed by atoms with Gasteiger partial charge in [-0.15, -0.1) is 5.10 Å². The molecule has 1 saturated heterocycles. The molecule has 174 valence electrons. The molecular weight excluding hydrogens is 439 g/mol. The number of halogens is 1. The van der Waals surface area contributed by atoms with Crippen LogP contribution in [0.4, 0.5) is 4.39 Å². The fraction of sp³-hybridized carbons (Fsp3) is 0.250. The van der Waals surface area contributed by atoms with Crippen LogP contribution in [0.15, 0.2) is 43.4 Å². The Hall–Kier alpha value is -4.05. The number of amides is 1. The zero-order valence-corrected chi connectivity index (χ0v) is 18.8. The van der Waals surface area contributed by atoms with Crippen LogP contribution >= 0.6 is 0 Å². The molecule has 1 N–H and O–H groups in total. The Morgan fingerprint density at radius 2 is 2.18 bits per heavy atom. The molecule has 0 radical (unpaired) electrons. The molecule has 0 saturated carbocycles. The SMILES string of the molecule is C=Cc1cc(C(=O)NC)cc(-c2cnc3cc(-c4cnn(C)c4)c(OC4CCOC4)nn23)c1F. The third-order valence-electron chi connectivity index (χ3n) is 5.73. The van der Waals surface area contributed by atoms with Gasteiger partial charge in [0.15, 0.2) is 5.65 Å². The predicted molar refractivity (Wildman–Crippen MR) is 124 cm³/mol. The summed E-state index contributed by atoms with van der Waals surface area (Å²) in [5, 5.41) is 11.5. The average molecular weight is 462 g/mol. The van der Waals surface area contributed by atoms with Crippen LogP contribution in [0.3, 0.4) is 0 Å². The maximum Gasteiger partial charge on any atom is 0.251 e. The minimum atomic E-state index is -0.519. The van der Waals surface area contributed by atoms with E-state index >= 15 is 4.39 Å². The van der Waals surface area contributed by atoms with Gasteiger partial charge in [0.1, 0.15) is 11.9 Å². The zero-order valence-electron chi connectivity index (χ0n) is 18.8. The summed E-state index contributed by atoms with van der Waals surface area (Å²) in [5.41, 5.74) is 3.10. The van der Waals surface area contributed by atoms with Gasteiger partial charge in [0.05, 0.1) is 36.9 Å². The van der Waals surface area contributed by atoms with E-state index in [1.807, 2.05) is 19.3 Å². The maximum absolute atomic E-state index is 15.4. The number of ether oxygens (including phenoxy) is 2. The van der Waals surface area contributed by atoms with Crippen molar-refractivity contribution in [1.29, 1.82) is 0 Å². The van der Waals surface area contributed by atoms with Gasteiger partial charge in [0.25, 0.3) is 5.91 Å². The molecule has 4 aromatic rings. The van der Waals surface area contributed by atoms with Gasteiger partial charge in [-0.05, 0) is 18.2 Å². The van der Waals surface area contributed by atoms with Gasteiger partial charge < -0.3 is 14.8 Å². The molecule has 1 amide bonds. The molecule has 0 spiro atoms. The van der Waals surface area contributed by atoms with Crippen molar-refractivity contribution in [2.75, 3.05) is 20.3 Å². The Morgan fingerprint density at radius 3 is 2.85 bits per heavy atom. The van der Waals surface area contributed by atoms with Crippen molar-refractivity contribution in [3.05, 3.63) is 60.3 Å². The van der Waals surface area contributed by atoms with Crippen molar-refractivity contribution in [2.45, 2.75) is 12.5 Å². The number of rotatable bonds is 6. The van der Waals surface area contributed by atoms with Crippen molar-refractivity contribution in [3.63, 3.8) is 0 Å². The molecular formula is C24H23FN6O3. The van der Waals surface area contributed by atoms with Crippen molar-refractivity contribution >= 4 is 17.6 Å². The number of aromatic nitrogens is 5. The zero-order chi connectivity index (χ0) is 23.8. The van der Waals surface area contributed by atoms with E-state index in [9.17, 15) is 4.79 Å². The van der Waals surface area contributed by atoms with Gasteiger partial charge in [0.2, 0.25) is 5.88 Å². The lowest BCUT2D eigenvalue weighted by atomic mass is 10.0. The molecule has 1 aliphatic rings. The summed E-state index contributed by atoms with van der Waals surface area (Å²) in [6, 6.07) is 4.76. The highest BCUT2D eigenvalue weighted by Crippen LogP contribution is 2.33. The molecule has 1 unspecified atom stereocenters. The Morgan fingerprint density at radius 1 is 1.32 bits per heavy atom. The molecule has 10 heteroatoms. The van der Waals surface area contributed by atoms with E-state index < -0.39 is 5.82 Å². The Balaban J connectivity index is 1.70. The summed E-state index contributed by atoms with van der Waals surface area (Å²) in [6.07, 6.45) is 7.08. The fourth-order valence-electron chi connectivity index (χ4n) is 3.96.